The zero-order valence-electron chi connectivity index (χ0n) is 64.3. The zero-order valence-corrected chi connectivity index (χ0v) is 64.3. The highest BCUT2D eigenvalue weighted by Crippen LogP contribution is 2.22. The molecule has 0 aliphatic carbocycles. The predicted octanol–water partition coefficient (Wildman–Crippen LogP) is -5.23. The van der Waals surface area contributed by atoms with Gasteiger partial charge in [-0.05, 0) is 68.8 Å². The third-order valence-corrected chi connectivity index (χ3v) is 18.2. The van der Waals surface area contributed by atoms with Crippen LogP contribution in [0.15, 0.2) is 54.7 Å². The quantitative estimate of drug-likeness (QED) is 0.0112. The van der Waals surface area contributed by atoms with Gasteiger partial charge in [0, 0.05) is 47.6 Å². The Morgan fingerprint density at radius 3 is 1.66 bits per heavy atom. The van der Waals surface area contributed by atoms with Crippen molar-refractivity contribution < 1.29 is 126 Å². The van der Waals surface area contributed by atoms with Gasteiger partial charge in [-0.3, -0.25) is 91.1 Å². The molecule has 2 unspecified atom stereocenters. The van der Waals surface area contributed by atoms with Crippen LogP contribution >= 0.6 is 0 Å². The Morgan fingerprint density at radius 1 is 0.543 bits per heavy atom. The number of aromatic nitrogens is 1. The van der Waals surface area contributed by atoms with Crippen LogP contribution < -0.4 is 86.3 Å². The van der Waals surface area contributed by atoms with Crippen LogP contribution in [0.2, 0.25) is 0 Å². The van der Waals surface area contributed by atoms with Crippen LogP contribution in [0.5, 0.6) is 0 Å². The minimum atomic E-state index is -2.45. The number of Topliss-reactive ketones (excluding diaryl/α,β-unsaturated/α-hetero) is 1. The number of carboxylic acids is 4. The molecule has 0 radical (unpaired) electrons. The van der Waals surface area contributed by atoms with Crippen molar-refractivity contribution in [3.05, 3.63) is 65.9 Å². The topological polar surface area (TPSA) is 702 Å². The number of anilines is 1. The molecule has 4 rings (SSSR count). The normalized spacial score (nSPS) is 21.1. The number of rotatable bonds is 36. The van der Waals surface area contributed by atoms with Gasteiger partial charge in [0.2, 0.25) is 82.7 Å². The number of cyclic esters (lactones) is 1. The Morgan fingerprint density at radius 2 is 1.07 bits per heavy atom. The molecule has 1 aliphatic rings. The van der Waals surface area contributed by atoms with Crippen LogP contribution in [0.3, 0.4) is 0 Å². The average molecular weight is 1630 g/mol. The first-order chi connectivity index (χ1) is 54.9. The van der Waals surface area contributed by atoms with Gasteiger partial charge in [-0.25, -0.2) is 4.79 Å². The number of nitrogens with two attached hydrogens (primary N) is 3. The van der Waals surface area contributed by atoms with Gasteiger partial charge in [0.05, 0.1) is 51.8 Å². The van der Waals surface area contributed by atoms with Gasteiger partial charge in [0.25, 0.3) is 0 Å². The highest BCUT2D eigenvalue weighted by molar-refractivity contribution is 6.05. The number of nitrogen functional groups attached to an aromatic ring is 1. The Bertz CT molecular complexity index is 4060. The molecule has 1 aliphatic heterocycles. The Kier molecular flexibility index (Phi) is 39.9. The summed E-state index contributed by atoms with van der Waals surface area (Å²) in [6.45, 7) is 1.45. The van der Waals surface area contributed by atoms with Crippen molar-refractivity contribution in [1.29, 1.82) is 0 Å². The molecule has 1 saturated heterocycles. The Labute approximate surface area is 663 Å². The summed E-state index contributed by atoms with van der Waals surface area (Å²) in [5.74, 6) is -29.6. The molecule has 0 bridgehead atoms. The van der Waals surface area contributed by atoms with Crippen molar-refractivity contribution >= 4 is 135 Å². The van der Waals surface area contributed by atoms with Crippen LogP contribution in [0.4, 0.5) is 5.69 Å². The second kappa shape index (κ2) is 48.4. The first-order valence-electron chi connectivity index (χ1n) is 37.4. The summed E-state index contributed by atoms with van der Waals surface area (Å²) in [5, 5.41) is 79.0. The number of esters is 1. The standard InChI is InChI=1S/C73H103N17O26/c1-5-7-8-9-10-11-12-23-54(94)81-45(26-38-32-77-43-21-16-14-18-39(38)43)66(108)84-46(28-53(76)93)67(109)87-49(31-60(103)104)69(111)90-62-37(4)116-73(115)50(27-52(92)40-19-13-15-20-41(40)75)88-72(114)61(36(3)25-57(97)98)89-70(112)51(35-91)82-56(96)33-78-63(105)47(29-58(99)100)85-64(106)42(6-2)83-68(110)48(30-59(101)102)86-65(107)44(22-17-24-74)80-55(95)34-79-71(62)113/h13-16,18-21,32,36-37,42,44-51,61-62,77,91H,5-12,17,22-31,33-35,74-75H2,1-4H3,(H2,76,93)(H,78,105)(H,79,113)(H,80,95)(H,81,94)(H,82,96)(H,83,110)(H,84,108)(H,85,106)(H,86,107)(H,87,109)(H,88,114)(H,89,112)(H,90,111)(H,97,98)(H,99,100)(H,101,102)(H,103,104)/t36-,37-,42?,44-,45-,46+,47-,48-,49-,50-,51+,61+,62?/m0/s1. The molecule has 636 valence electrons. The predicted molar refractivity (Wildman–Crippen MR) is 405 cm³/mol. The van der Waals surface area contributed by atoms with Gasteiger partial charge in [-0.1, -0.05) is 89.6 Å². The summed E-state index contributed by atoms with van der Waals surface area (Å²) in [6.07, 6.45) is -2.69. The number of ether oxygens (including phenoxy) is 1. The number of hydrogen-bond acceptors (Lipinski definition) is 24. The molecular weight excluding hydrogens is 1530 g/mol. The number of ketones is 1. The van der Waals surface area contributed by atoms with Crippen molar-refractivity contribution in [2.75, 3.05) is 32.0 Å². The van der Waals surface area contributed by atoms with E-state index in [0.717, 1.165) is 46.0 Å². The number of carbonyl (C=O) groups is 20. The monoisotopic (exact) mass is 1630 g/mol. The number of para-hydroxylation sites is 2. The van der Waals surface area contributed by atoms with Gasteiger partial charge >= 0.3 is 29.8 Å². The average Bonchev–Trinajstić information content (AvgIpc) is 1.72. The molecule has 25 N–H and O–H groups in total. The fourth-order valence-corrected chi connectivity index (χ4v) is 12.0. The molecule has 116 heavy (non-hydrogen) atoms. The highest BCUT2D eigenvalue weighted by atomic mass is 16.5. The van der Waals surface area contributed by atoms with E-state index in [9.17, 15) is 121 Å². The molecule has 43 heteroatoms. The molecule has 2 heterocycles. The van der Waals surface area contributed by atoms with Crippen molar-refractivity contribution in [2.45, 2.75) is 216 Å². The maximum absolute atomic E-state index is 14.9. The Balaban J connectivity index is 1.88. The third-order valence-electron chi connectivity index (χ3n) is 18.2. The summed E-state index contributed by atoms with van der Waals surface area (Å²) in [5.41, 5.74) is 18.1. The molecule has 1 fully saturated rings. The molecule has 13 atom stereocenters. The number of aliphatic hydroxyl groups excluding tert-OH is 1. The number of carboxylic acid groups (broad SMARTS) is 4. The molecule has 43 nitrogen and oxygen atoms in total. The number of aromatic amines is 1. The van der Waals surface area contributed by atoms with Crippen molar-refractivity contribution in [3.63, 3.8) is 0 Å². The lowest BCUT2D eigenvalue weighted by molar-refractivity contribution is -0.156. The number of amides is 14. The van der Waals surface area contributed by atoms with Gasteiger partial charge in [0.15, 0.2) is 5.78 Å². The van der Waals surface area contributed by atoms with Crippen molar-refractivity contribution in [1.82, 2.24) is 74.1 Å². The van der Waals surface area contributed by atoms with Crippen LogP contribution in [0, 0.1) is 5.92 Å². The summed E-state index contributed by atoms with van der Waals surface area (Å²) in [7, 11) is 0. The van der Waals surface area contributed by atoms with Crippen LogP contribution in [0.1, 0.15) is 153 Å². The molecule has 14 amide bonds. The van der Waals surface area contributed by atoms with E-state index >= 15 is 0 Å². The number of nitrogens with one attached hydrogen (secondary N) is 14. The minimum Gasteiger partial charge on any atom is -0.481 e. The maximum atomic E-state index is 14.9. The summed E-state index contributed by atoms with van der Waals surface area (Å²) in [6, 6.07) is -10.5. The van der Waals surface area contributed by atoms with E-state index in [0.29, 0.717) is 29.3 Å². The van der Waals surface area contributed by atoms with Crippen LogP contribution in [-0.4, -0.2) is 248 Å². The van der Waals surface area contributed by atoms with E-state index in [1.807, 2.05) is 10.6 Å². The molecule has 0 saturated carbocycles. The second-order valence-corrected chi connectivity index (χ2v) is 27.5. The molecule has 0 spiro atoms. The van der Waals surface area contributed by atoms with E-state index in [1.165, 1.54) is 31.2 Å². The van der Waals surface area contributed by atoms with E-state index in [2.05, 4.69) is 70.4 Å². The second-order valence-electron chi connectivity index (χ2n) is 27.5. The smallest absolute Gasteiger partial charge is 0.329 e. The van der Waals surface area contributed by atoms with Crippen molar-refractivity contribution in [2.24, 2.45) is 17.4 Å². The zero-order chi connectivity index (χ0) is 86.5. The molecular formula is C73H103N17O26. The maximum Gasteiger partial charge on any atom is 0.329 e. The van der Waals surface area contributed by atoms with E-state index in [4.69, 9.17) is 21.9 Å². The first kappa shape index (κ1) is 95.7. The number of aliphatic carboxylic acids is 4. The number of carbonyl (C=O) groups excluding carboxylic acids is 16. The van der Waals surface area contributed by atoms with Gasteiger partial charge in [-0.15, -0.1) is 0 Å². The first-order valence-corrected chi connectivity index (χ1v) is 37.4. The lowest BCUT2D eigenvalue weighted by Gasteiger charge is -2.30. The number of aliphatic hydroxyl groups is 1. The fourth-order valence-electron chi connectivity index (χ4n) is 12.0. The summed E-state index contributed by atoms with van der Waals surface area (Å²) >= 11 is 0. The number of hydrogen-bond donors (Lipinski definition) is 22. The summed E-state index contributed by atoms with van der Waals surface area (Å²) < 4.78 is 5.69. The van der Waals surface area contributed by atoms with E-state index in [1.54, 1.807) is 30.5 Å². The number of benzene rings is 2. The number of primary amides is 1. The summed E-state index contributed by atoms with van der Waals surface area (Å²) in [4.78, 5) is 277. The Hall–Kier alpha value is -12.7. The number of H-pyrrole nitrogens is 1. The van der Waals surface area contributed by atoms with Gasteiger partial charge in [0.1, 0.15) is 72.6 Å². The van der Waals surface area contributed by atoms with Gasteiger partial charge < -0.3 is 122 Å². The highest BCUT2D eigenvalue weighted by Gasteiger charge is 2.41. The van der Waals surface area contributed by atoms with Crippen LogP contribution in [0.25, 0.3) is 10.9 Å². The van der Waals surface area contributed by atoms with E-state index < -0.39 is 261 Å². The fraction of sp³-hybridized carbons (Fsp3) is 0.534. The van der Waals surface area contributed by atoms with E-state index in [-0.39, 0.29) is 43.5 Å². The number of fused-ring (bicyclic) bond motifs is 1. The number of unbranched alkanes of at least 4 members (excludes halogenated alkanes) is 6. The minimum absolute atomic E-state index is 0.0185. The molecule has 2 aromatic carbocycles. The molecule has 3 aromatic rings. The molecule has 1 aromatic heterocycles. The van der Waals surface area contributed by atoms with Gasteiger partial charge in [-0.2, -0.15) is 0 Å². The largest absolute Gasteiger partial charge is 0.481 e. The SMILES string of the molecule is CCCCCCCCCC(=O)N[C@@H](Cc1c[nH]c2ccccc12)C(=O)N[C@H](CC(N)=O)C(=O)N[C@@H](CC(=O)O)C(=O)NC1C(=O)NCC(=O)N[C@@H](CCCN)C(=O)N[C@@H](CC(=O)O)C(=O)NC(CC)C(=O)N[C@@H](CC(=O)O)C(=O)NCC(=O)N[C@H](CO)C(=O)N[C@H]([C@@H](C)CC(=O)O)C(=O)N[C@@H](CC(=O)c2ccccc2N)C(=O)O[C@H]1C. The van der Waals surface area contributed by atoms with Crippen molar-refractivity contribution in [3.8, 4) is 0 Å². The lowest BCUT2D eigenvalue weighted by Crippen LogP contribution is -2.62. The lowest BCUT2D eigenvalue weighted by atomic mass is 9.96. The van der Waals surface area contributed by atoms with Crippen LogP contribution in [-0.2, 0) is 102 Å². The third kappa shape index (κ3) is 32.4.